The van der Waals surface area contributed by atoms with Crippen molar-refractivity contribution >= 4 is 17.8 Å². The van der Waals surface area contributed by atoms with E-state index in [-0.39, 0.29) is 24.2 Å². The van der Waals surface area contributed by atoms with E-state index in [2.05, 4.69) is 50.2 Å². The van der Waals surface area contributed by atoms with Crippen LogP contribution in [0.3, 0.4) is 0 Å². The summed E-state index contributed by atoms with van der Waals surface area (Å²) in [5.41, 5.74) is 4.69. The van der Waals surface area contributed by atoms with Crippen LogP contribution in [0.5, 0.6) is 0 Å². The van der Waals surface area contributed by atoms with Crippen molar-refractivity contribution in [3.8, 4) is 11.8 Å². The van der Waals surface area contributed by atoms with Gasteiger partial charge in [0.15, 0.2) is 0 Å². The molecule has 0 aromatic heterocycles. The molecule has 2 aliphatic rings. The average Bonchev–Trinajstić information content (AvgIpc) is 3.19. The molecule has 1 saturated heterocycles. The van der Waals surface area contributed by atoms with Gasteiger partial charge in [0.2, 0.25) is 0 Å². The average molecular weight is 379 g/mol. The second-order valence-electron chi connectivity index (χ2n) is 6.35. The van der Waals surface area contributed by atoms with Gasteiger partial charge in [0.05, 0.1) is 6.10 Å². The Morgan fingerprint density at radius 1 is 1.62 bits per heavy atom. The summed E-state index contributed by atoms with van der Waals surface area (Å²) in [5.74, 6) is 6.08. The molecule has 3 N–H and O–H groups in total. The zero-order valence-electron chi connectivity index (χ0n) is 16.1. The number of hydrogen-bond donors (Lipinski definition) is 2. The maximum Gasteiger partial charge on any atom is 0.338 e. The molecule has 1 fully saturated rings. The first kappa shape index (κ1) is 22.4. The first-order valence-electron chi connectivity index (χ1n) is 8.83. The molecule has 0 spiro atoms. The van der Waals surface area contributed by atoms with Gasteiger partial charge in [-0.25, -0.2) is 9.86 Å². The molecule has 2 rings (SSSR count). The number of primary amides is 1. The molecule has 0 saturated carbocycles. The highest BCUT2D eigenvalue weighted by Gasteiger charge is 2.37. The molecule has 0 aromatic rings. The standard InChI is InChI=1S/C17H22OS.C3H8N2O2/c1-5-8-13-9-10-14(18-13)15-12-17(4,11-6-2)16(7-3)19-15;1-2-5(7)3(4)6/h6-7,12-14H,2,9-11H2,1,3-4H3;7H,2H2,1H3,(H2,4,6)/b16-7+;/t13-,14+,17?;/m1./s1. The fourth-order valence-electron chi connectivity index (χ4n) is 2.93. The molecular formula is C20H30N2O3S. The maximum atomic E-state index is 9.83. The summed E-state index contributed by atoms with van der Waals surface area (Å²) in [4.78, 5) is 12.6. The van der Waals surface area contributed by atoms with Gasteiger partial charge in [-0.05, 0) is 44.9 Å². The van der Waals surface area contributed by atoms with E-state index < -0.39 is 6.03 Å². The summed E-state index contributed by atoms with van der Waals surface area (Å²) in [6, 6.07) is -0.817. The Labute approximate surface area is 161 Å². The minimum atomic E-state index is -0.817. The van der Waals surface area contributed by atoms with Gasteiger partial charge >= 0.3 is 6.03 Å². The van der Waals surface area contributed by atoms with Crippen molar-refractivity contribution in [3.05, 3.63) is 34.6 Å². The summed E-state index contributed by atoms with van der Waals surface area (Å²) < 4.78 is 6.03. The van der Waals surface area contributed by atoms with Crippen molar-refractivity contribution in [2.75, 3.05) is 6.54 Å². The Hall–Kier alpha value is -1.68. The summed E-state index contributed by atoms with van der Waals surface area (Å²) in [6.07, 6.45) is 10.1. The van der Waals surface area contributed by atoms with Gasteiger partial charge in [-0.15, -0.1) is 12.5 Å². The van der Waals surface area contributed by atoms with Crippen LogP contribution in [0.25, 0.3) is 0 Å². The number of urea groups is 1. The van der Waals surface area contributed by atoms with Crippen LogP contribution in [0, 0.1) is 17.3 Å². The van der Waals surface area contributed by atoms with Gasteiger partial charge in [0.25, 0.3) is 0 Å². The molecule has 2 heterocycles. The van der Waals surface area contributed by atoms with E-state index in [0.717, 1.165) is 19.3 Å². The maximum absolute atomic E-state index is 9.83. The predicted molar refractivity (Wildman–Crippen MR) is 107 cm³/mol. The number of nitrogens with zero attached hydrogens (tertiary/aromatic N) is 1. The number of hydrogen-bond acceptors (Lipinski definition) is 4. The molecule has 2 aliphatic heterocycles. The van der Waals surface area contributed by atoms with Gasteiger partial charge in [0.1, 0.15) is 6.10 Å². The molecule has 0 radical (unpaired) electrons. The topological polar surface area (TPSA) is 75.8 Å². The highest BCUT2D eigenvalue weighted by atomic mass is 32.2. The molecule has 1 unspecified atom stereocenters. The van der Waals surface area contributed by atoms with Gasteiger partial charge in [-0.1, -0.05) is 42.8 Å². The molecule has 3 atom stereocenters. The van der Waals surface area contributed by atoms with Crippen LogP contribution in [0.4, 0.5) is 4.79 Å². The van der Waals surface area contributed by atoms with E-state index >= 15 is 0 Å². The van der Waals surface area contributed by atoms with Crippen molar-refractivity contribution in [1.29, 1.82) is 0 Å². The molecule has 2 amide bonds. The highest BCUT2D eigenvalue weighted by Crippen LogP contribution is 2.53. The van der Waals surface area contributed by atoms with E-state index in [1.807, 2.05) is 24.8 Å². The lowest BCUT2D eigenvalue weighted by atomic mass is 9.85. The Bertz CT molecular complexity index is 633. The van der Waals surface area contributed by atoms with Crippen molar-refractivity contribution in [3.63, 3.8) is 0 Å². The summed E-state index contributed by atoms with van der Waals surface area (Å²) >= 11 is 1.88. The molecule has 144 valence electrons. The highest BCUT2D eigenvalue weighted by molar-refractivity contribution is 8.07. The van der Waals surface area contributed by atoms with E-state index in [9.17, 15) is 4.79 Å². The van der Waals surface area contributed by atoms with E-state index in [1.54, 1.807) is 6.92 Å². The second-order valence-corrected chi connectivity index (χ2v) is 7.47. The minimum absolute atomic E-state index is 0.106. The second kappa shape index (κ2) is 10.5. The van der Waals surface area contributed by atoms with Crippen LogP contribution in [0.2, 0.25) is 0 Å². The van der Waals surface area contributed by atoms with Crippen LogP contribution in [-0.4, -0.2) is 35.1 Å². The summed E-state index contributed by atoms with van der Waals surface area (Å²) in [7, 11) is 0. The molecule has 0 bridgehead atoms. The smallest absolute Gasteiger partial charge is 0.338 e. The Balaban J connectivity index is 0.000000412. The third-order valence-corrected chi connectivity index (χ3v) is 5.82. The number of allylic oxidation sites excluding steroid dienone is 4. The number of ether oxygens (including phenoxy) is 1. The third-order valence-electron chi connectivity index (χ3n) is 4.28. The lowest BCUT2D eigenvalue weighted by Crippen LogP contribution is -2.32. The van der Waals surface area contributed by atoms with E-state index in [1.165, 1.54) is 9.81 Å². The number of carbonyl (C=O) groups is 1. The third kappa shape index (κ3) is 5.94. The molecular weight excluding hydrogens is 348 g/mol. The zero-order valence-corrected chi connectivity index (χ0v) is 16.9. The lowest BCUT2D eigenvalue weighted by Gasteiger charge is -2.21. The normalized spacial score (nSPS) is 28.5. The molecule has 26 heavy (non-hydrogen) atoms. The Morgan fingerprint density at radius 3 is 2.77 bits per heavy atom. The van der Waals surface area contributed by atoms with Gasteiger partial charge in [-0.3, -0.25) is 5.21 Å². The van der Waals surface area contributed by atoms with Crippen LogP contribution in [0.1, 0.15) is 47.0 Å². The van der Waals surface area contributed by atoms with Gasteiger partial charge in [-0.2, -0.15) is 0 Å². The van der Waals surface area contributed by atoms with Crippen molar-refractivity contribution in [2.24, 2.45) is 11.1 Å². The predicted octanol–water partition coefficient (Wildman–Crippen LogP) is 4.45. The first-order chi connectivity index (χ1) is 12.3. The number of nitrogens with two attached hydrogens (primary N) is 1. The number of amides is 2. The fraction of sp³-hybridized carbons (Fsp3) is 0.550. The number of rotatable bonds is 4. The fourth-order valence-corrected chi connectivity index (χ4v) is 4.31. The molecule has 0 aliphatic carbocycles. The lowest BCUT2D eigenvalue weighted by molar-refractivity contribution is -0.0345. The van der Waals surface area contributed by atoms with Crippen molar-refractivity contribution in [2.45, 2.75) is 59.2 Å². The largest absolute Gasteiger partial charge is 0.357 e. The molecule has 6 heteroatoms. The van der Waals surface area contributed by atoms with Crippen molar-refractivity contribution < 1.29 is 14.7 Å². The van der Waals surface area contributed by atoms with E-state index in [4.69, 9.17) is 9.94 Å². The molecule has 0 aromatic carbocycles. The summed E-state index contributed by atoms with van der Waals surface area (Å²) in [5, 5.41) is 8.72. The van der Waals surface area contributed by atoms with Crippen LogP contribution in [-0.2, 0) is 4.74 Å². The van der Waals surface area contributed by atoms with Crippen LogP contribution < -0.4 is 5.73 Å². The van der Waals surface area contributed by atoms with Gasteiger partial charge in [0, 0.05) is 16.9 Å². The Morgan fingerprint density at radius 2 is 2.31 bits per heavy atom. The molecule has 5 nitrogen and oxygen atoms in total. The number of thioether (sulfide) groups is 1. The number of hydroxylamine groups is 2. The van der Waals surface area contributed by atoms with Crippen LogP contribution in [0.15, 0.2) is 34.6 Å². The SMILES string of the molecule is C=CCC1(C)C=C([C@@H]2CC[C@@H](C#CC)O2)S/C1=C/C.CCN(O)C(N)=O. The van der Waals surface area contributed by atoms with E-state index in [0.29, 0.717) is 5.06 Å². The zero-order chi connectivity index (χ0) is 19.7. The monoisotopic (exact) mass is 378 g/mol. The Kier molecular flexibility index (Phi) is 9.00. The summed E-state index contributed by atoms with van der Waals surface area (Å²) in [6.45, 7) is 12.0. The van der Waals surface area contributed by atoms with Crippen LogP contribution >= 0.6 is 11.8 Å². The van der Waals surface area contributed by atoms with Crippen molar-refractivity contribution in [1.82, 2.24) is 5.06 Å². The number of carbonyl (C=O) groups excluding carboxylic acids is 1. The van der Waals surface area contributed by atoms with Gasteiger partial charge < -0.3 is 10.5 Å². The first-order valence-corrected chi connectivity index (χ1v) is 9.64. The minimum Gasteiger partial charge on any atom is -0.357 e. The quantitative estimate of drug-likeness (QED) is 0.328.